The number of rotatable bonds is 9. The first kappa shape index (κ1) is 28.5. The fraction of sp³-hybridized carbons (Fsp3) is 0.481. The second-order valence-corrected chi connectivity index (χ2v) is 13.9. The Balaban J connectivity index is 2.01. The fourth-order valence-electron chi connectivity index (χ4n) is 5.17. The van der Waals surface area contributed by atoms with Gasteiger partial charge in [0.15, 0.2) is 9.84 Å². The normalized spacial score (nSPS) is 24.2. The SMILES string of the molecule is CC(C[C@@H](c1ccc(Cl)cc1)S(=O)(=O)C(C)C)[C@@H]1NC(=O)[C@](C)(CC(=O)O)C[C@@H]1c1cccc(Cl)c1. The van der Waals surface area contributed by atoms with Crippen LogP contribution in [0.1, 0.15) is 69.3 Å². The third-order valence-electron chi connectivity index (χ3n) is 7.26. The highest BCUT2D eigenvalue weighted by molar-refractivity contribution is 7.92. The highest BCUT2D eigenvalue weighted by atomic mass is 35.5. The number of amides is 1. The van der Waals surface area contributed by atoms with Crippen molar-refractivity contribution in [3.8, 4) is 0 Å². The molecule has 5 atom stereocenters. The van der Waals surface area contributed by atoms with Gasteiger partial charge in [-0.2, -0.15) is 0 Å². The summed E-state index contributed by atoms with van der Waals surface area (Å²) in [7, 11) is -3.53. The minimum Gasteiger partial charge on any atom is -0.481 e. The quantitative estimate of drug-likeness (QED) is 0.394. The summed E-state index contributed by atoms with van der Waals surface area (Å²) < 4.78 is 26.8. The Labute approximate surface area is 223 Å². The summed E-state index contributed by atoms with van der Waals surface area (Å²) in [6, 6.07) is 13.7. The molecule has 1 fully saturated rings. The highest BCUT2D eigenvalue weighted by Crippen LogP contribution is 2.45. The molecule has 3 rings (SSSR count). The molecule has 2 aromatic carbocycles. The Bertz CT molecular complexity index is 1210. The van der Waals surface area contributed by atoms with Gasteiger partial charge in [0, 0.05) is 22.0 Å². The number of halogens is 2. The molecule has 0 bridgehead atoms. The molecule has 2 N–H and O–H groups in total. The van der Waals surface area contributed by atoms with Gasteiger partial charge in [0.2, 0.25) is 5.91 Å². The molecule has 196 valence electrons. The molecule has 1 heterocycles. The lowest BCUT2D eigenvalue weighted by Gasteiger charge is -2.45. The van der Waals surface area contributed by atoms with Gasteiger partial charge >= 0.3 is 5.97 Å². The van der Waals surface area contributed by atoms with Crippen LogP contribution in [0.2, 0.25) is 10.0 Å². The molecule has 9 heteroatoms. The second-order valence-electron chi connectivity index (χ2n) is 10.4. The predicted molar refractivity (Wildman–Crippen MR) is 143 cm³/mol. The van der Waals surface area contributed by atoms with E-state index in [1.165, 1.54) is 0 Å². The number of carbonyl (C=O) groups is 2. The third-order valence-corrected chi connectivity index (χ3v) is 10.3. The van der Waals surface area contributed by atoms with Crippen molar-refractivity contribution in [3.05, 3.63) is 69.7 Å². The molecule has 1 aliphatic rings. The van der Waals surface area contributed by atoms with Crippen LogP contribution < -0.4 is 5.32 Å². The van der Waals surface area contributed by atoms with E-state index in [1.807, 2.05) is 25.1 Å². The minimum atomic E-state index is -3.53. The predicted octanol–water partition coefficient (Wildman–Crippen LogP) is 6.04. The van der Waals surface area contributed by atoms with Gasteiger partial charge in [-0.25, -0.2) is 8.42 Å². The number of hydrogen-bond acceptors (Lipinski definition) is 4. The number of benzene rings is 2. The summed E-state index contributed by atoms with van der Waals surface area (Å²) in [5, 5.41) is 12.2. The maximum Gasteiger partial charge on any atom is 0.304 e. The van der Waals surface area contributed by atoms with Crippen LogP contribution in [-0.2, 0) is 19.4 Å². The van der Waals surface area contributed by atoms with Gasteiger partial charge in [-0.15, -0.1) is 0 Å². The summed E-state index contributed by atoms with van der Waals surface area (Å²) in [4.78, 5) is 24.7. The number of nitrogens with one attached hydrogen (secondary N) is 1. The van der Waals surface area contributed by atoms with E-state index in [2.05, 4.69) is 5.32 Å². The van der Waals surface area contributed by atoms with E-state index in [4.69, 9.17) is 23.2 Å². The Morgan fingerprint density at radius 2 is 1.75 bits per heavy atom. The topological polar surface area (TPSA) is 101 Å². The monoisotopic (exact) mass is 553 g/mol. The van der Waals surface area contributed by atoms with Crippen LogP contribution in [0.25, 0.3) is 0 Å². The maximum atomic E-state index is 13.4. The smallest absolute Gasteiger partial charge is 0.304 e. The fourth-order valence-corrected chi connectivity index (χ4v) is 7.26. The van der Waals surface area contributed by atoms with Gasteiger partial charge in [-0.1, -0.05) is 61.3 Å². The molecule has 2 aromatic rings. The Morgan fingerprint density at radius 3 is 2.31 bits per heavy atom. The minimum absolute atomic E-state index is 0.242. The van der Waals surface area contributed by atoms with Crippen molar-refractivity contribution < 1.29 is 23.1 Å². The summed E-state index contributed by atoms with van der Waals surface area (Å²) in [5.41, 5.74) is 0.428. The molecule has 1 aliphatic heterocycles. The first-order chi connectivity index (χ1) is 16.7. The van der Waals surface area contributed by atoms with E-state index < -0.39 is 37.8 Å². The standard InChI is InChI=1S/C27H33Cl2NO5S/c1-16(2)36(34,35)23(18-8-10-20(28)11-9-18)12-17(3)25-22(19-6-5-7-21(29)13-19)14-27(4,15-24(31)32)26(33)30-25/h5-11,13,16-17,22-23,25H,12,14-15H2,1-4H3,(H,30,33)(H,31,32)/t17?,22-,23+,25+,27+/m1/s1. The Kier molecular flexibility index (Phi) is 8.79. The summed E-state index contributed by atoms with van der Waals surface area (Å²) >= 11 is 12.3. The number of aliphatic carboxylic acids is 1. The molecule has 0 saturated carbocycles. The number of carboxylic acid groups (broad SMARTS) is 1. The number of sulfone groups is 1. The van der Waals surface area contributed by atoms with Gasteiger partial charge in [0.1, 0.15) is 0 Å². The van der Waals surface area contributed by atoms with Crippen molar-refractivity contribution in [2.45, 2.75) is 69.4 Å². The first-order valence-electron chi connectivity index (χ1n) is 12.0. The second kappa shape index (κ2) is 11.1. The summed E-state index contributed by atoms with van der Waals surface area (Å²) in [6.45, 7) is 6.92. The van der Waals surface area contributed by atoms with Crippen molar-refractivity contribution in [1.29, 1.82) is 0 Å². The van der Waals surface area contributed by atoms with Crippen LogP contribution in [-0.4, -0.2) is 36.7 Å². The van der Waals surface area contributed by atoms with E-state index in [0.717, 1.165) is 5.56 Å². The van der Waals surface area contributed by atoms with Crippen molar-refractivity contribution in [1.82, 2.24) is 5.32 Å². The molecule has 0 radical (unpaired) electrons. The number of carboxylic acids is 1. The summed E-state index contributed by atoms with van der Waals surface area (Å²) in [6.07, 6.45) is 0.287. The van der Waals surface area contributed by atoms with E-state index in [-0.39, 0.29) is 30.6 Å². The summed E-state index contributed by atoms with van der Waals surface area (Å²) in [5.74, 6) is -1.88. The van der Waals surface area contributed by atoms with Crippen LogP contribution >= 0.6 is 23.2 Å². The molecule has 6 nitrogen and oxygen atoms in total. The molecule has 1 saturated heterocycles. The third kappa shape index (κ3) is 6.24. The molecule has 0 spiro atoms. The zero-order valence-corrected chi connectivity index (χ0v) is 23.2. The van der Waals surface area contributed by atoms with Crippen molar-refractivity contribution >= 4 is 44.9 Å². The lowest BCUT2D eigenvalue weighted by atomic mass is 9.67. The average molecular weight is 555 g/mol. The van der Waals surface area contributed by atoms with E-state index in [9.17, 15) is 23.1 Å². The number of hydrogen-bond donors (Lipinski definition) is 2. The van der Waals surface area contributed by atoms with Crippen LogP contribution in [0.15, 0.2) is 48.5 Å². The van der Waals surface area contributed by atoms with Gasteiger partial charge in [0.25, 0.3) is 0 Å². The van der Waals surface area contributed by atoms with Gasteiger partial charge in [0.05, 0.1) is 22.3 Å². The molecular weight excluding hydrogens is 521 g/mol. The van der Waals surface area contributed by atoms with Gasteiger partial charge in [-0.3, -0.25) is 9.59 Å². The lowest BCUT2D eigenvalue weighted by molar-refractivity contribution is -0.147. The molecular formula is C27H33Cl2NO5S. The van der Waals surface area contributed by atoms with Crippen LogP contribution in [0.5, 0.6) is 0 Å². The zero-order chi connectivity index (χ0) is 26.8. The van der Waals surface area contributed by atoms with Crippen LogP contribution in [0.4, 0.5) is 0 Å². The van der Waals surface area contributed by atoms with Crippen LogP contribution in [0.3, 0.4) is 0 Å². The van der Waals surface area contributed by atoms with E-state index in [1.54, 1.807) is 51.1 Å². The first-order valence-corrected chi connectivity index (χ1v) is 14.4. The van der Waals surface area contributed by atoms with Gasteiger partial charge < -0.3 is 10.4 Å². The van der Waals surface area contributed by atoms with E-state index in [0.29, 0.717) is 22.0 Å². The number of piperidine rings is 1. The highest BCUT2D eigenvalue weighted by Gasteiger charge is 2.48. The van der Waals surface area contributed by atoms with Crippen molar-refractivity contribution in [2.24, 2.45) is 11.3 Å². The van der Waals surface area contributed by atoms with Crippen molar-refractivity contribution in [2.75, 3.05) is 0 Å². The lowest BCUT2D eigenvalue weighted by Crippen LogP contribution is -2.56. The molecule has 0 aromatic heterocycles. The van der Waals surface area contributed by atoms with Gasteiger partial charge in [-0.05, 0) is 68.0 Å². The van der Waals surface area contributed by atoms with Crippen LogP contribution in [0, 0.1) is 11.3 Å². The average Bonchev–Trinajstić information content (AvgIpc) is 2.79. The van der Waals surface area contributed by atoms with E-state index >= 15 is 0 Å². The maximum absolute atomic E-state index is 13.4. The Hall–Kier alpha value is -2.09. The molecule has 1 unspecified atom stereocenters. The largest absolute Gasteiger partial charge is 0.481 e. The zero-order valence-electron chi connectivity index (χ0n) is 20.9. The Morgan fingerprint density at radius 1 is 1.11 bits per heavy atom. The van der Waals surface area contributed by atoms with Crippen molar-refractivity contribution in [3.63, 3.8) is 0 Å². The number of carbonyl (C=O) groups excluding carboxylic acids is 1. The molecule has 0 aliphatic carbocycles. The molecule has 1 amide bonds. The molecule has 36 heavy (non-hydrogen) atoms.